The lowest BCUT2D eigenvalue weighted by Gasteiger charge is -2.21. The fourth-order valence-corrected chi connectivity index (χ4v) is 4.91. The van der Waals surface area contributed by atoms with Gasteiger partial charge in [0.2, 0.25) is 5.91 Å². The van der Waals surface area contributed by atoms with E-state index in [1.165, 1.54) is 30.4 Å². The number of carbonyl (C=O) groups excluding carboxylic acids is 1. The number of aryl methyl sites for hydroxylation is 1. The van der Waals surface area contributed by atoms with Crippen LogP contribution in [0.25, 0.3) is 22.4 Å². The fourth-order valence-electron chi connectivity index (χ4n) is 4.91. The largest absolute Gasteiger partial charge is 0.353 e. The van der Waals surface area contributed by atoms with E-state index in [4.69, 9.17) is 5.10 Å². The average molecular weight is 488 g/mol. The summed E-state index contributed by atoms with van der Waals surface area (Å²) in [5.74, 6) is 0.412. The van der Waals surface area contributed by atoms with Crippen molar-refractivity contribution in [3.05, 3.63) is 70.9 Å². The molecule has 0 saturated carbocycles. The van der Waals surface area contributed by atoms with E-state index in [0.29, 0.717) is 29.0 Å². The van der Waals surface area contributed by atoms with Crippen LogP contribution < -0.4 is 10.9 Å². The third-order valence-corrected chi connectivity index (χ3v) is 6.91. The Labute approximate surface area is 210 Å². The Morgan fingerprint density at radius 2 is 1.69 bits per heavy atom. The first-order valence-corrected chi connectivity index (χ1v) is 12.8. The number of rotatable bonds is 7. The van der Waals surface area contributed by atoms with Gasteiger partial charge in [-0.25, -0.2) is 9.36 Å². The van der Waals surface area contributed by atoms with Gasteiger partial charge in [-0.2, -0.15) is 10.2 Å². The van der Waals surface area contributed by atoms with Crippen molar-refractivity contribution < 1.29 is 4.79 Å². The number of fused-ring (bicyclic) bond motifs is 1. The molecule has 0 spiro atoms. The summed E-state index contributed by atoms with van der Waals surface area (Å²) in [5.41, 5.74) is 1.62. The maximum Gasteiger partial charge on any atom is 0.280 e. The maximum atomic E-state index is 13.8. The van der Waals surface area contributed by atoms with Gasteiger partial charge in [-0.3, -0.25) is 9.59 Å². The van der Waals surface area contributed by atoms with Crippen LogP contribution in [0.15, 0.2) is 59.7 Å². The first-order valence-electron chi connectivity index (χ1n) is 12.8. The van der Waals surface area contributed by atoms with E-state index in [-0.39, 0.29) is 11.5 Å². The molecule has 4 heterocycles. The van der Waals surface area contributed by atoms with Crippen LogP contribution >= 0.6 is 0 Å². The van der Waals surface area contributed by atoms with Gasteiger partial charge < -0.3 is 14.8 Å². The molecule has 9 heteroatoms. The molecule has 3 aromatic heterocycles. The summed E-state index contributed by atoms with van der Waals surface area (Å²) in [6.45, 7) is 7.08. The van der Waals surface area contributed by atoms with E-state index in [9.17, 15) is 9.59 Å². The Bertz CT molecular complexity index is 1380. The van der Waals surface area contributed by atoms with Gasteiger partial charge in [0, 0.05) is 25.5 Å². The highest BCUT2D eigenvalue weighted by Gasteiger charge is 2.25. The summed E-state index contributed by atoms with van der Waals surface area (Å²) in [6, 6.07) is 12.8. The Kier molecular flexibility index (Phi) is 6.99. The van der Waals surface area contributed by atoms with Crippen LogP contribution in [0, 0.1) is 6.92 Å². The van der Waals surface area contributed by atoms with Crippen molar-refractivity contribution >= 4 is 16.8 Å². The monoisotopic (exact) mass is 487 g/mol. The minimum atomic E-state index is -0.748. The van der Waals surface area contributed by atoms with Gasteiger partial charge in [0.25, 0.3) is 5.56 Å². The maximum absolute atomic E-state index is 13.8. The number of carbonyl (C=O) groups is 1. The molecule has 1 N–H and O–H groups in total. The number of likely N-dealkylation sites (tertiary alicyclic amines) is 1. The molecule has 4 aromatic rings. The third kappa shape index (κ3) is 4.70. The molecule has 1 unspecified atom stereocenters. The van der Waals surface area contributed by atoms with Gasteiger partial charge in [-0.1, -0.05) is 31.0 Å². The summed E-state index contributed by atoms with van der Waals surface area (Å²) in [7, 11) is 0. The molecule has 5 rings (SSSR count). The van der Waals surface area contributed by atoms with Crippen LogP contribution in [0.5, 0.6) is 0 Å². The first-order chi connectivity index (χ1) is 17.5. The minimum absolute atomic E-state index is 0.212. The van der Waals surface area contributed by atoms with Crippen LogP contribution in [-0.2, 0) is 4.79 Å². The van der Waals surface area contributed by atoms with Crippen LogP contribution in [0.4, 0.5) is 0 Å². The van der Waals surface area contributed by atoms with E-state index >= 15 is 0 Å². The van der Waals surface area contributed by atoms with Gasteiger partial charge in [0.15, 0.2) is 5.82 Å². The van der Waals surface area contributed by atoms with Gasteiger partial charge >= 0.3 is 0 Å². The molecule has 36 heavy (non-hydrogen) atoms. The van der Waals surface area contributed by atoms with E-state index in [1.807, 2.05) is 66.3 Å². The van der Waals surface area contributed by atoms with Crippen LogP contribution in [0.3, 0.4) is 0 Å². The van der Waals surface area contributed by atoms with Crippen LogP contribution in [0.2, 0.25) is 0 Å². The Hall–Kier alpha value is -3.72. The number of nitrogens with zero attached hydrogens (tertiary/aromatic N) is 6. The Morgan fingerprint density at radius 3 is 2.39 bits per heavy atom. The zero-order valence-corrected chi connectivity index (χ0v) is 20.9. The second-order valence-electron chi connectivity index (χ2n) is 9.44. The number of benzene rings is 1. The first kappa shape index (κ1) is 24.0. The fraction of sp³-hybridized carbons (Fsp3) is 0.407. The average Bonchev–Trinajstić information content (AvgIpc) is 3.49. The van der Waals surface area contributed by atoms with Gasteiger partial charge in [-0.05, 0) is 64.0 Å². The van der Waals surface area contributed by atoms with Crippen molar-refractivity contribution in [2.24, 2.45) is 0 Å². The predicted molar refractivity (Wildman–Crippen MR) is 140 cm³/mol. The number of aromatic nitrogens is 5. The summed E-state index contributed by atoms with van der Waals surface area (Å²) >= 11 is 0. The number of amides is 1. The second-order valence-corrected chi connectivity index (χ2v) is 9.44. The normalized spacial score (nSPS) is 15.6. The zero-order valence-electron chi connectivity index (χ0n) is 20.9. The molecule has 1 aliphatic heterocycles. The van der Waals surface area contributed by atoms with Crippen molar-refractivity contribution in [3.8, 4) is 11.5 Å². The summed E-state index contributed by atoms with van der Waals surface area (Å²) in [5, 5.41) is 12.7. The molecular formula is C27H33N7O2. The number of nitrogens with one attached hydrogen (secondary N) is 1. The van der Waals surface area contributed by atoms with E-state index in [0.717, 1.165) is 25.3 Å². The Balaban J connectivity index is 1.47. The van der Waals surface area contributed by atoms with E-state index in [2.05, 4.69) is 15.3 Å². The standard InChI is InChI=1S/C27H33N7O2/c1-20-24-23(26(32-17-10-11-18-32)34(30-24)22-12-6-5-7-13-22)27(36)33(29-20)21(2)25(35)28-14-19-31-15-8-3-4-9-16-31/h5-7,10-13,17-18,21H,3-4,8-9,14-16,19H2,1-2H3,(H,28,35). The molecule has 0 bridgehead atoms. The van der Waals surface area contributed by atoms with Crippen molar-refractivity contribution in [3.63, 3.8) is 0 Å². The molecule has 1 amide bonds. The quantitative estimate of drug-likeness (QED) is 0.432. The highest BCUT2D eigenvalue weighted by Crippen LogP contribution is 2.25. The van der Waals surface area contributed by atoms with Gasteiger partial charge in [0.05, 0.1) is 11.4 Å². The molecule has 1 atom stereocenters. The van der Waals surface area contributed by atoms with E-state index < -0.39 is 6.04 Å². The lowest BCUT2D eigenvalue weighted by atomic mass is 10.2. The van der Waals surface area contributed by atoms with E-state index in [1.54, 1.807) is 11.6 Å². The number of para-hydroxylation sites is 1. The third-order valence-electron chi connectivity index (χ3n) is 6.91. The van der Waals surface area contributed by atoms with Crippen LogP contribution in [0.1, 0.15) is 44.3 Å². The number of hydrogen-bond acceptors (Lipinski definition) is 5. The van der Waals surface area contributed by atoms with Gasteiger partial charge in [-0.15, -0.1) is 0 Å². The number of hydrogen-bond donors (Lipinski definition) is 1. The molecule has 9 nitrogen and oxygen atoms in total. The second kappa shape index (κ2) is 10.5. The van der Waals surface area contributed by atoms with Gasteiger partial charge in [0.1, 0.15) is 16.9 Å². The molecular weight excluding hydrogens is 454 g/mol. The highest BCUT2D eigenvalue weighted by molar-refractivity contribution is 5.88. The molecule has 1 saturated heterocycles. The molecule has 1 aliphatic rings. The van der Waals surface area contributed by atoms with Crippen LogP contribution in [-0.4, -0.2) is 61.1 Å². The highest BCUT2D eigenvalue weighted by atomic mass is 16.2. The van der Waals surface area contributed by atoms with Crippen molar-refractivity contribution in [1.29, 1.82) is 0 Å². The molecule has 188 valence electrons. The lowest BCUT2D eigenvalue weighted by Crippen LogP contribution is -2.41. The topological polar surface area (TPSA) is 90.0 Å². The summed E-state index contributed by atoms with van der Waals surface area (Å²) in [4.78, 5) is 29.2. The molecule has 0 aliphatic carbocycles. The van der Waals surface area contributed by atoms with Crippen molar-refractivity contribution in [1.82, 2.24) is 34.3 Å². The summed E-state index contributed by atoms with van der Waals surface area (Å²) < 4.78 is 4.93. The minimum Gasteiger partial charge on any atom is -0.353 e. The predicted octanol–water partition coefficient (Wildman–Crippen LogP) is 3.23. The molecule has 1 fully saturated rings. The zero-order chi connectivity index (χ0) is 25.1. The Morgan fingerprint density at radius 1 is 1.00 bits per heavy atom. The molecule has 0 radical (unpaired) electrons. The summed E-state index contributed by atoms with van der Waals surface area (Å²) in [6.07, 6.45) is 8.75. The SMILES string of the molecule is Cc1nn(C(C)C(=O)NCCN2CCCCCC2)c(=O)c2c(-n3cccc3)n(-c3ccccc3)nc12. The molecule has 1 aromatic carbocycles. The van der Waals surface area contributed by atoms with Crippen molar-refractivity contribution in [2.45, 2.75) is 45.6 Å². The van der Waals surface area contributed by atoms with Crippen molar-refractivity contribution in [2.75, 3.05) is 26.2 Å². The smallest absolute Gasteiger partial charge is 0.280 e. The lowest BCUT2D eigenvalue weighted by molar-refractivity contribution is -0.124.